The van der Waals surface area contributed by atoms with Crippen LogP contribution in [0.15, 0.2) is 0 Å². The van der Waals surface area contributed by atoms with Crippen molar-refractivity contribution in [1.29, 1.82) is 0 Å². The Hall–Kier alpha value is -0.860. The summed E-state index contributed by atoms with van der Waals surface area (Å²) in [4.78, 5) is 20.7. The van der Waals surface area contributed by atoms with Crippen LogP contribution in [0, 0.1) is 5.92 Å². The molecule has 1 atom stereocenters. The van der Waals surface area contributed by atoms with E-state index in [-0.39, 0.29) is 11.9 Å². The van der Waals surface area contributed by atoms with E-state index in [1.807, 2.05) is 0 Å². The molecule has 0 aromatic heterocycles. The molecule has 3 nitrogen and oxygen atoms in total. The first-order chi connectivity index (χ1) is 5.22. The summed E-state index contributed by atoms with van der Waals surface area (Å²) in [6.07, 6.45) is 2.89. The Labute approximate surface area is 66.7 Å². The molecule has 0 heterocycles. The van der Waals surface area contributed by atoms with Gasteiger partial charge < -0.3 is 9.53 Å². The summed E-state index contributed by atoms with van der Waals surface area (Å²) in [6, 6.07) is 0. The lowest BCUT2D eigenvalue weighted by atomic mass is 10.1. The summed E-state index contributed by atoms with van der Waals surface area (Å²) in [5, 5.41) is 0. The average molecular weight is 158 g/mol. The highest BCUT2D eigenvalue weighted by Gasteiger charge is 2.11. The summed E-state index contributed by atoms with van der Waals surface area (Å²) in [7, 11) is 1.37. The third-order valence-electron chi connectivity index (χ3n) is 1.56. The first-order valence-electron chi connectivity index (χ1n) is 3.73. The molecule has 0 aromatic rings. The van der Waals surface area contributed by atoms with Crippen molar-refractivity contribution < 1.29 is 14.3 Å². The highest BCUT2D eigenvalue weighted by atomic mass is 16.5. The van der Waals surface area contributed by atoms with Gasteiger partial charge in [-0.1, -0.05) is 6.92 Å². The summed E-state index contributed by atoms with van der Waals surface area (Å²) in [5.41, 5.74) is 0. The lowest BCUT2D eigenvalue weighted by Crippen LogP contribution is -2.12. The zero-order chi connectivity index (χ0) is 8.69. The summed E-state index contributed by atoms with van der Waals surface area (Å²) in [6.45, 7) is 1.80. The van der Waals surface area contributed by atoms with Gasteiger partial charge in [0.2, 0.25) is 0 Å². The Kier molecular flexibility index (Phi) is 5.43. The summed E-state index contributed by atoms with van der Waals surface area (Å²) < 4.78 is 4.52. The van der Waals surface area contributed by atoms with Crippen molar-refractivity contribution in [2.24, 2.45) is 5.92 Å². The van der Waals surface area contributed by atoms with Crippen LogP contribution in [0.4, 0.5) is 0 Å². The smallest absolute Gasteiger partial charge is 0.308 e. The Bertz CT molecular complexity index is 131. The van der Waals surface area contributed by atoms with E-state index in [1.165, 1.54) is 7.11 Å². The SMILES string of the molecule is COC(=O)C(C)CCCC=O. The van der Waals surface area contributed by atoms with E-state index < -0.39 is 0 Å². The second kappa shape index (κ2) is 5.89. The van der Waals surface area contributed by atoms with Gasteiger partial charge in [0.1, 0.15) is 6.29 Å². The maximum absolute atomic E-state index is 10.8. The third kappa shape index (κ3) is 4.53. The van der Waals surface area contributed by atoms with E-state index in [0.29, 0.717) is 6.42 Å². The molecular formula is C8H14O3. The van der Waals surface area contributed by atoms with E-state index in [2.05, 4.69) is 4.74 Å². The Morgan fingerprint density at radius 2 is 2.27 bits per heavy atom. The number of unbranched alkanes of at least 4 members (excludes halogenated alkanes) is 1. The van der Waals surface area contributed by atoms with E-state index in [1.54, 1.807) is 6.92 Å². The van der Waals surface area contributed by atoms with Crippen LogP contribution in [0.25, 0.3) is 0 Å². The number of carbonyl (C=O) groups is 2. The van der Waals surface area contributed by atoms with Gasteiger partial charge in [-0.2, -0.15) is 0 Å². The summed E-state index contributed by atoms with van der Waals surface area (Å²) in [5.74, 6) is -0.282. The van der Waals surface area contributed by atoms with E-state index in [9.17, 15) is 9.59 Å². The average Bonchev–Trinajstić information content (AvgIpc) is 2.03. The van der Waals surface area contributed by atoms with Crippen molar-refractivity contribution >= 4 is 12.3 Å². The molecule has 0 saturated heterocycles. The quantitative estimate of drug-likeness (QED) is 0.342. The molecule has 0 aliphatic rings. The van der Waals surface area contributed by atoms with Gasteiger partial charge in [0.05, 0.1) is 13.0 Å². The third-order valence-corrected chi connectivity index (χ3v) is 1.56. The number of hydrogen-bond donors (Lipinski definition) is 0. The van der Waals surface area contributed by atoms with Crippen LogP contribution in [0.5, 0.6) is 0 Å². The minimum Gasteiger partial charge on any atom is -0.469 e. The lowest BCUT2D eigenvalue weighted by molar-refractivity contribution is -0.145. The van der Waals surface area contributed by atoms with Crippen LogP contribution in [-0.2, 0) is 14.3 Å². The molecule has 0 saturated carbocycles. The van der Waals surface area contributed by atoms with Gasteiger partial charge in [-0.3, -0.25) is 4.79 Å². The van der Waals surface area contributed by atoms with Crippen molar-refractivity contribution in [2.45, 2.75) is 26.2 Å². The molecular weight excluding hydrogens is 144 g/mol. The lowest BCUT2D eigenvalue weighted by Gasteiger charge is -2.06. The van der Waals surface area contributed by atoms with E-state index in [4.69, 9.17) is 0 Å². The molecule has 0 spiro atoms. The molecule has 0 rings (SSSR count). The van der Waals surface area contributed by atoms with Crippen molar-refractivity contribution in [3.05, 3.63) is 0 Å². The predicted molar refractivity (Wildman–Crippen MR) is 41.1 cm³/mol. The minimum absolute atomic E-state index is 0.0834. The fourth-order valence-electron chi connectivity index (χ4n) is 0.826. The van der Waals surface area contributed by atoms with Gasteiger partial charge in [0, 0.05) is 6.42 Å². The predicted octanol–water partition coefficient (Wildman–Crippen LogP) is 1.16. The van der Waals surface area contributed by atoms with Gasteiger partial charge in [-0.15, -0.1) is 0 Å². The fourth-order valence-corrected chi connectivity index (χ4v) is 0.826. The highest BCUT2D eigenvalue weighted by molar-refractivity contribution is 5.71. The van der Waals surface area contributed by atoms with Crippen LogP contribution in [0.1, 0.15) is 26.2 Å². The second-order valence-electron chi connectivity index (χ2n) is 2.52. The first kappa shape index (κ1) is 10.1. The Morgan fingerprint density at radius 1 is 1.64 bits per heavy atom. The minimum atomic E-state index is -0.198. The first-order valence-corrected chi connectivity index (χ1v) is 3.73. The Balaban J connectivity index is 3.43. The van der Waals surface area contributed by atoms with E-state index in [0.717, 1.165) is 19.1 Å². The van der Waals surface area contributed by atoms with Crippen LogP contribution in [0.3, 0.4) is 0 Å². The van der Waals surface area contributed by atoms with Crippen molar-refractivity contribution in [2.75, 3.05) is 7.11 Å². The van der Waals surface area contributed by atoms with Gasteiger partial charge in [-0.05, 0) is 12.8 Å². The number of ether oxygens (including phenoxy) is 1. The largest absolute Gasteiger partial charge is 0.469 e. The normalized spacial score (nSPS) is 12.2. The molecule has 3 heteroatoms. The molecule has 0 fully saturated rings. The zero-order valence-electron chi connectivity index (χ0n) is 7.00. The number of esters is 1. The number of rotatable bonds is 5. The number of hydrogen-bond acceptors (Lipinski definition) is 3. The molecule has 1 unspecified atom stereocenters. The number of aldehydes is 1. The molecule has 0 aromatic carbocycles. The number of carbonyl (C=O) groups excluding carboxylic acids is 2. The fraction of sp³-hybridized carbons (Fsp3) is 0.750. The standard InChI is InChI=1S/C8H14O3/c1-7(8(10)11-2)5-3-4-6-9/h6-7H,3-5H2,1-2H3. The van der Waals surface area contributed by atoms with Crippen molar-refractivity contribution in [3.63, 3.8) is 0 Å². The maximum Gasteiger partial charge on any atom is 0.308 e. The molecule has 0 radical (unpaired) electrons. The van der Waals surface area contributed by atoms with E-state index >= 15 is 0 Å². The van der Waals surface area contributed by atoms with Crippen LogP contribution in [0.2, 0.25) is 0 Å². The monoisotopic (exact) mass is 158 g/mol. The molecule has 11 heavy (non-hydrogen) atoms. The molecule has 64 valence electrons. The van der Waals surface area contributed by atoms with Crippen molar-refractivity contribution in [1.82, 2.24) is 0 Å². The zero-order valence-corrected chi connectivity index (χ0v) is 7.00. The van der Waals surface area contributed by atoms with Crippen LogP contribution in [-0.4, -0.2) is 19.4 Å². The van der Waals surface area contributed by atoms with Crippen LogP contribution >= 0.6 is 0 Å². The topological polar surface area (TPSA) is 43.4 Å². The van der Waals surface area contributed by atoms with Gasteiger partial charge in [0.15, 0.2) is 0 Å². The highest BCUT2D eigenvalue weighted by Crippen LogP contribution is 2.07. The maximum atomic E-state index is 10.8. The Morgan fingerprint density at radius 3 is 2.73 bits per heavy atom. The molecule has 0 aliphatic carbocycles. The van der Waals surface area contributed by atoms with Gasteiger partial charge in [-0.25, -0.2) is 0 Å². The second-order valence-corrected chi connectivity index (χ2v) is 2.52. The van der Waals surface area contributed by atoms with Crippen molar-refractivity contribution in [3.8, 4) is 0 Å². The number of methoxy groups -OCH3 is 1. The molecule has 0 N–H and O–H groups in total. The molecule has 0 bridgehead atoms. The summed E-state index contributed by atoms with van der Waals surface area (Å²) >= 11 is 0. The molecule has 0 amide bonds. The molecule has 0 aliphatic heterocycles. The van der Waals surface area contributed by atoms with Gasteiger partial charge >= 0.3 is 5.97 Å². The van der Waals surface area contributed by atoms with Crippen LogP contribution < -0.4 is 0 Å². The van der Waals surface area contributed by atoms with Gasteiger partial charge in [0.25, 0.3) is 0 Å².